The molecule has 24 heavy (non-hydrogen) atoms. The number of nitrogens with zero attached hydrogens (tertiary/aromatic N) is 2. The normalized spacial score (nSPS) is 19.5. The maximum Gasteiger partial charge on any atom is 0.162 e. The Morgan fingerprint density at radius 1 is 1.42 bits per heavy atom. The van der Waals surface area contributed by atoms with E-state index in [9.17, 15) is 0 Å². The number of ether oxygens (including phenoxy) is 1. The topological polar surface area (TPSA) is 50.5 Å². The third-order valence-corrected chi connectivity index (χ3v) is 5.18. The number of thiazole rings is 1. The molecule has 1 atom stereocenters. The van der Waals surface area contributed by atoms with E-state index in [1.165, 1.54) is 4.88 Å². The molecule has 2 aromatic heterocycles. The molecule has 0 saturated carbocycles. The van der Waals surface area contributed by atoms with E-state index in [-0.39, 0.29) is 0 Å². The summed E-state index contributed by atoms with van der Waals surface area (Å²) in [6.07, 6.45) is 4.61. The minimum atomic E-state index is 0.362. The van der Waals surface area contributed by atoms with Gasteiger partial charge in [-0.15, -0.1) is 11.3 Å². The van der Waals surface area contributed by atoms with Gasteiger partial charge in [-0.25, -0.2) is 4.98 Å². The van der Waals surface area contributed by atoms with Crippen molar-refractivity contribution in [3.63, 3.8) is 0 Å². The summed E-state index contributed by atoms with van der Waals surface area (Å²) in [5.74, 6) is 1.79. The van der Waals surface area contributed by atoms with Gasteiger partial charge in [-0.05, 0) is 51.9 Å². The number of rotatable bonds is 7. The van der Waals surface area contributed by atoms with Crippen molar-refractivity contribution in [3.8, 4) is 10.8 Å². The van der Waals surface area contributed by atoms with Crippen molar-refractivity contribution in [3.05, 3.63) is 29.0 Å². The zero-order chi connectivity index (χ0) is 16.8. The molecule has 0 aromatic carbocycles. The molecule has 132 valence electrons. The summed E-state index contributed by atoms with van der Waals surface area (Å²) in [7, 11) is 0. The van der Waals surface area contributed by atoms with Gasteiger partial charge in [-0.3, -0.25) is 0 Å². The maximum absolute atomic E-state index is 5.69. The molecular weight excluding hydrogens is 322 g/mol. The molecular formula is C18H27N3O2S. The number of furan rings is 1. The molecule has 3 rings (SSSR count). The molecule has 1 N–H and O–H groups in total. The van der Waals surface area contributed by atoms with Crippen LogP contribution >= 0.6 is 11.3 Å². The molecule has 1 saturated heterocycles. The summed E-state index contributed by atoms with van der Waals surface area (Å²) in [4.78, 5) is 8.22. The summed E-state index contributed by atoms with van der Waals surface area (Å²) >= 11 is 1.69. The number of aromatic nitrogens is 1. The highest BCUT2D eigenvalue weighted by atomic mass is 32.1. The highest BCUT2D eigenvalue weighted by Gasteiger charge is 2.14. The van der Waals surface area contributed by atoms with Gasteiger partial charge in [-0.1, -0.05) is 0 Å². The average molecular weight is 350 g/mol. The Balaban J connectivity index is 1.35. The Morgan fingerprint density at radius 3 is 3.17 bits per heavy atom. The van der Waals surface area contributed by atoms with Crippen LogP contribution in [0.25, 0.3) is 10.8 Å². The molecule has 1 aliphatic heterocycles. The van der Waals surface area contributed by atoms with Crippen molar-refractivity contribution in [2.75, 3.05) is 32.8 Å². The lowest BCUT2D eigenvalue weighted by atomic mass is 10.3. The summed E-state index contributed by atoms with van der Waals surface area (Å²) in [5, 5.41) is 4.48. The summed E-state index contributed by atoms with van der Waals surface area (Å²) in [5.41, 5.74) is 0. The van der Waals surface area contributed by atoms with Crippen LogP contribution in [0.15, 0.2) is 22.7 Å². The van der Waals surface area contributed by atoms with Crippen molar-refractivity contribution in [1.82, 2.24) is 15.2 Å². The Morgan fingerprint density at radius 2 is 2.33 bits per heavy atom. The smallest absolute Gasteiger partial charge is 0.162 e. The summed E-state index contributed by atoms with van der Waals surface area (Å²) in [6, 6.07) is 3.96. The molecule has 0 aliphatic carbocycles. The predicted octanol–water partition coefficient (Wildman–Crippen LogP) is 3.30. The van der Waals surface area contributed by atoms with Crippen LogP contribution in [-0.4, -0.2) is 48.8 Å². The fourth-order valence-corrected chi connectivity index (χ4v) is 3.82. The third-order valence-electron chi connectivity index (χ3n) is 4.17. The maximum atomic E-state index is 5.69. The molecule has 1 fully saturated rings. The lowest BCUT2D eigenvalue weighted by Gasteiger charge is -2.21. The van der Waals surface area contributed by atoms with Gasteiger partial charge in [0.1, 0.15) is 5.76 Å². The number of aryl methyl sites for hydroxylation is 1. The molecule has 5 nitrogen and oxygen atoms in total. The van der Waals surface area contributed by atoms with Crippen LogP contribution in [0.2, 0.25) is 0 Å². The van der Waals surface area contributed by atoms with Gasteiger partial charge in [0.05, 0.1) is 6.10 Å². The van der Waals surface area contributed by atoms with E-state index < -0.39 is 0 Å². The first-order valence-electron chi connectivity index (χ1n) is 8.77. The van der Waals surface area contributed by atoms with Crippen LogP contribution < -0.4 is 5.32 Å². The third kappa shape index (κ3) is 5.14. The second-order valence-corrected chi connectivity index (χ2v) is 7.52. The van der Waals surface area contributed by atoms with Crippen molar-refractivity contribution in [2.45, 2.75) is 39.3 Å². The largest absolute Gasteiger partial charge is 0.459 e. The molecule has 1 aliphatic rings. The van der Waals surface area contributed by atoms with E-state index in [1.54, 1.807) is 11.3 Å². The minimum absolute atomic E-state index is 0.362. The van der Waals surface area contributed by atoms with Gasteiger partial charge in [0.25, 0.3) is 0 Å². The summed E-state index contributed by atoms with van der Waals surface area (Å²) < 4.78 is 11.3. The lowest BCUT2D eigenvalue weighted by molar-refractivity contribution is 0.0676. The van der Waals surface area contributed by atoms with Gasteiger partial charge >= 0.3 is 0 Å². The Labute approximate surface area is 148 Å². The number of nitrogens with one attached hydrogen (secondary N) is 1. The van der Waals surface area contributed by atoms with E-state index >= 15 is 0 Å². The molecule has 0 spiro atoms. The highest BCUT2D eigenvalue weighted by molar-refractivity contribution is 7.14. The minimum Gasteiger partial charge on any atom is -0.459 e. The monoisotopic (exact) mass is 349 g/mol. The lowest BCUT2D eigenvalue weighted by Crippen LogP contribution is -2.32. The van der Waals surface area contributed by atoms with Crippen LogP contribution in [0.1, 0.15) is 30.4 Å². The fourth-order valence-electron chi connectivity index (χ4n) is 2.98. The molecule has 0 bridgehead atoms. The molecule has 1 unspecified atom stereocenters. The first kappa shape index (κ1) is 17.6. The van der Waals surface area contributed by atoms with Gasteiger partial charge in [0, 0.05) is 37.3 Å². The summed E-state index contributed by atoms with van der Waals surface area (Å²) in [6.45, 7) is 10.3. The second kappa shape index (κ2) is 8.76. The fraction of sp³-hybridized carbons (Fsp3) is 0.611. The van der Waals surface area contributed by atoms with Crippen LogP contribution in [-0.2, 0) is 11.3 Å². The quantitative estimate of drug-likeness (QED) is 0.777. The van der Waals surface area contributed by atoms with E-state index in [2.05, 4.69) is 22.1 Å². The van der Waals surface area contributed by atoms with E-state index in [4.69, 9.17) is 9.15 Å². The van der Waals surface area contributed by atoms with Gasteiger partial charge in [0.2, 0.25) is 0 Å². The predicted molar refractivity (Wildman–Crippen MR) is 97.3 cm³/mol. The standard InChI is InChI=1S/C18H27N3O2S/c1-14-5-6-17(23-14)18-20-12-16(24-18)11-19-7-3-8-21-9-4-10-22-15(2)13-21/h5-6,12,15,19H,3-4,7-11,13H2,1-2H3. The van der Waals surface area contributed by atoms with E-state index in [0.717, 1.165) is 68.7 Å². The highest BCUT2D eigenvalue weighted by Crippen LogP contribution is 2.26. The Bertz CT molecular complexity index is 625. The van der Waals surface area contributed by atoms with E-state index in [1.807, 2.05) is 25.3 Å². The molecule has 3 heterocycles. The van der Waals surface area contributed by atoms with Gasteiger partial charge in [0.15, 0.2) is 10.8 Å². The molecule has 6 heteroatoms. The van der Waals surface area contributed by atoms with Crippen LogP contribution in [0.5, 0.6) is 0 Å². The SMILES string of the molecule is Cc1ccc(-c2ncc(CNCCCN3CCCOC(C)C3)s2)o1. The zero-order valence-corrected chi connectivity index (χ0v) is 15.4. The first-order chi connectivity index (χ1) is 11.7. The number of hydrogen-bond donors (Lipinski definition) is 1. The molecule has 0 radical (unpaired) electrons. The van der Waals surface area contributed by atoms with Crippen LogP contribution in [0.4, 0.5) is 0 Å². The van der Waals surface area contributed by atoms with Crippen LogP contribution in [0, 0.1) is 6.92 Å². The number of hydrogen-bond acceptors (Lipinski definition) is 6. The van der Waals surface area contributed by atoms with Gasteiger partial charge < -0.3 is 19.4 Å². The van der Waals surface area contributed by atoms with Crippen molar-refractivity contribution in [1.29, 1.82) is 0 Å². The van der Waals surface area contributed by atoms with Crippen molar-refractivity contribution in [2.24, 2.45) is 0 Å². The second-order valence-electron chi connectivity index (χ2n) is 6.41. The zero-order valence-electron chi connectivity index (χ0n) is 14.6. The van der Waals surface area contributed by atoms with Crippen molar-refractivity contribution >= 4 is 11.3 Å². The van der Waals surface area contributed by atoms with Gasteiger partial charge in [-0.2, -0.15) is 0 Å². The molecule has 0 amide bonds. The Hall–Kier alpha value is -1.21. The van der Waals surface area contributed by atoms with E-state index in [0.29, 0.717) is 6.10 Å². The van der Waals surface area contributed by atoms with Crippen molar-refractivity contribution < 1.29 is 9.15 Å². The average Bonchev–Trinajstić information content (AvgIpc) is 3.14. The molecule has 2 aromatic rings. The van der Waals surface area contributed by atoms with Crippen LogP contribution in [0.3, 0.4) is 0 Å². The Kier molecular flexibility index (Phi) is 6.43. The first-order valence-corrected chi connectivity index (χ1v) is 9.58.